The number of aryl methyl sites for hydroxylation is 1. The van der Waals surface area contributed by atoms with Gasteiger partial charge in [0.15, 0.2) is 6.54 Å². The van der Waals surface area contributed by atoms with E-state index >= 15 is 0 Å². The Morgan fingerprint density at radius 1 is 1.23 bits per heavy atom. The van der Waals surface area contributed by atoms with Crippen LogP contribution in [0.15, 0.2) is 24.3 Å². The summed E-state index contributed by atoms with van der Waals surface area (Å²) in [5.41, 5.74) is 2.60. The molecule has 1 aromatic carbocycles. The second-order valence-electron chi connectivity index (χ2n) is 5.75. The van der Waals surface area contributed by atoms with Crippen molar-refractivity contribution >= 4 is 22.6 Å². The molecule has 0 aliphatic rings. The highest BCUT2D eigenvalue weighted by molar-refractivity contribution is 6.09. The van der Waals surface area contributed by atoms with Gasteiger partial charge in [0.05, 0.1) is 12.6 Å². The van der Waals surface area contributed by atoms with Crippen LogP contribution in [0, 0.1) is 6.92 Å². The number of quaternary nitrogens is 1. The van der Waals surface area contributed by atoms with Crippen LogP contribution >= 0.6 is 0 Å². The minimum atomic E-state index is -0.0113. The van der Waals surface area contributed by atoms with Gasteiger partial charge in [-0.2, -0.15) is 0 Å². The van der Waals surface area contributed by atoms with Gasteiger partial charge in [-0.05, 0) is 19.4 Å². The van der Waals surface area contributed by atoms with Crippen molar-refractivity contribution in [2.45, 2.75) is 20.3 Å². The maximum atomic E-state index is 12.6. The second-order valence-corrected chi connectivity index (χ2v) is 5.75. The zero-order valence-corrected chi connectivity index (χ0v) is 13.5. The molecule has 1 aromatic heterocycles. The topological polar surface area (TPSA) is 66.4 Å². The number of benzene rings is 1. The Kier molecular flexibility index (Phi) is 5.33. The molecular weight excluding hydrogens is 278 g/mol. The number of nitrogens with one attached hydrogen (secondary N) is 3. The average molecular weight is 302 g/mol. The van der Waals surface area contributed by atoms with E-state index < -0.39 is 0 Å². The number of rotatable bonds is 7. The Morgan fingerprint density at radius 2 is 1.95 bits per heavy atom. The summed E-state index contributed by atoms with van der Waals surface area (Å²) in [5, 5.41) is 3.79. The van der Waals surface area contributed by atoms with Crippen molar-refractivity contribution in [3.05, 3.63) is 35.5 Å². The highest BCUT2D eigenvalue weighted by atomic mass is 16.2. The molecule has 1 amide bonds. The molecule has 2 rings (SSSR count). The van der Waals surface area contributed by atoms with Crippen molar-refractivity contribution in [2.24, 2.45) is 0 Å². The van der Waals surface area contributed by atoms with Crippen molar-refractivity contribution in [2.75, 3.05) is 26.7 Å². The highest BCUT2D eigenvalue weighted by Crippen LogP contribution is 2.21. The number of aromatic amines is 1. The number of ketones is 1. The minimum Gasteiger partial charge on any atom is -0.358 e. The molecule has 3 N–H and O–H groups in total. The van der Waals surface area contributed by atoms with Crippen molar-refractivity contribution in [1.82, 2.24) is 10.3 Å². The van der Waals surface area contributed by atoms with Gasteiger partial charge in [0, 0.05) is 23.1 Å². The molecule has 0 aliphatic carbocycles. The van der Waals surface area contributed by atoms with Crippen LogP contribution in [0.1, 0.15) is 29.4 Å². The summed E-state index contributed by atoms with van der Waals surface area (Å²) in [6.45, 7) is 5.23. The monoisotopic (exact) mass is 302 g/mol. The lowest BCUT2D eigenvalue weighted by molar-refractivity contribution is -0.862. The molecule has 0 saturated carbocycles. The van der Waals surface area contributed by atoms with E-state index in [-0.39, 0.29) is 11.7 Å². The number of carbonyl (C=O) groups excluding carboxylic acids is 2. The number of hydrogen-bond acceptors (Lipinski definition) is 2. The third kappa shape index (κ3) is 3.74. The van der Waals surface area contributed by atoms with Crippen LogP contribution in [0.3, 0.4) is 0 Å². The lowest BCUT2D eigenvalue weighted by Gasteiger charge is -2.13. The van der Waals surface area contributed by atoms with Crippen molar-refractivity contribution in [3.8, 4) is 0 Å². The summed E-state index contributed by atoms with van der Waals surface area (Å²) < 4.78 is 0. The van der Waals surface area contributed by atoms with E-state index in [1.807, 2.05) is 45.2 Å². The van der Waals surface area contributed by atoms with E-state index in [0.29, 0.717) is 19.6 Å². The SMILES string of the molecule is CCCNC(=O)C[NH+](C)CC(=O)c1c(C)[nH]c2ccccc12. The Bertz CT molecular complexity index is 676. The van der Waals surface area contributed by atoms with E-state index in [2.05, 4.69) is 10.3 Å². The molecule has 2 aromatic rings. The fourth-order valence-electron chi connectivity index (χ4n) is 2.66. The number of Topliss-reactive ketones (excluding diaryl/α,β-unsaturated/α-hetero) is 1. The summed E-state index contributed by atoms with van der Waals surface area (Å²) in [7, 11) is 1.87. The zero-order valence-electron chi connectivity index (χ0n) is 13.5. The molecule has 0 fully saturated rings. The molecule has 0 radical (unpaired) electrons. The van der Waals surface area contributed by atoms with Crippen LogP contribution < -0.4 is 10.2 Å². The average Bonchev–Trinajstić information content (AvgIpc) is 2.80. The normalized spacial score (nSPS) is 12.3. The fraction of sp³-hybridized carbons (Fsp3) is 0.412. The predicted molar refractivity (Wildman–Crippen MR) is 87.3 cm³/mol. The first kappa shape index (κ1) is 16.2. The predicted octanol–water partition coefficient (Wildman–Crippen LogP) is 0.700. The Labute approximate surface area is 130 Å². The highest BCUT2D eigenvalue weighted by Gasteiger charge is 2.20. The largest absolute Gasteiger partial charge is 0.358 e. The number of H-pyrrole nitrogens is 1. The molecule has 0 spiro atoms. The van der Waals surface area contributed by atoms with Gasteiger partial charge in [-0.1, -0.05) is 25.1 Å². The van der Waals surface area contributed by atoms with Gasteiger partial charge in [0.2, 0.25) is 5.78 Å². The Morgan fingerprint density at radius 3 is 2.68 bits per heavy atom. The van der Waals surface area contributed by atoms with Crippen LogP contribution in [0.2, 0.25) is 0 Å². The molecule has 5 nitrogen and oxygen atoms in total. The van der Waals surface area contributed by atoms with Crippen LogP contribution in [0.25, 0.3) is 10.9 Å². The number of amides is 1. The molecule has 1 atom stereocenters. The molecule has 5 heteroatoms. The first-order valence-electron chi connectivity index (χ1n) is 7.71. The maximum absolute atomic E-state index is 12.6. The van der Waals surface area contributed by atoms with E-state index in [1.165, 1.54) is 0 Å². The van der Waals surface area contributed by atoms with Gasteiger partial charge in [-0.15, -0.1) is 0 Å². The van der Waals surface area contributed by atoms with E-state index in [1.54, 1.807) is 0 Å². The van der Waals surface area contributed by atoms with Gasteiger partial charge in [0.1, 0.15) is 6.54 Å². The van der Waals surface area contributed by atoms with Gasteiger partial charge in [-0.25, -0.2) is 0 Å². The number of aromatic nitrogens is 1. The summed E-state index contributed by atoms with van der Waals surface area (Å²) in [6, 6.07) is 7.80. The fourth-order valence-corrected chi connectivity index (χ4v) is 2.66. The van der Waals surface area contributed by atoms with Crippen LogP contribution in [-0.4, -0.2) is 43.4 Å². The van der Waals surface area contributed by atoms with E-state index in [0.717, 1.165) is 33.5 Å². The number of carbonyl (C=O) groups is 2. The Hall–Kier alpha value is -2.14. The van der Waals surface area contributed by atoms with Gasteiger partial charge in [-0.3, -0.25) is 9.59 Å². The molecule has 0 bridgehead atoms. The van der Waals surface area contributed by atoms with Crippen molar-refractivity contribution in [1.29, 1.82) is 0 Å². The van der Waals surface area contributed by atoms with Gasteiger partial charge in [0.25, 0.3) is 5.91 Å². The number of para-hydroxylation sites is 1. The van der Waals surface area contributed by atoms with E-state index in [4.69, 9.17) is 0 Å². The number of hydrogen-bond donors (Lipinski definition) is 3. The first-order chi connectivity index (χ1) is 10.5. The summed E-state index contributed by atoms with van der Waals surface area (Å²) in [5.74, 6) is 0.0542. The maximum Gasteiger partial charge on any atom is 0.275 e. The van der Waals surface area contributed by atoms with Crippen LogP contribution in [-0.2, 0) is 4.79 Å². The summed E-state index contributed by atoms with van der Waals surface area (Å²) in [6.07, 6.45) is 0.915. The summed E-state index contributed by atoms with van der Waals surface area (Å²) >= 11 is 0. The molecule has 0 saturated heterocycles. The van der Waals surface area contributed by atoms with Gasteiger partial charge >= 0.3 is 0 Å². The second kappa shape index (κ2) is 7.22. The van der Waals surface area contributed by atoms with Crippen LogP contribution in [0.4, 0.5) is 0 Å². The number of likely N-dealkylation sites (N-methyl/N-ethyl adjacent to an activating group) is 1. The molecule has 1 heterocycles. The quantitative estimate of drug-likeness (QED) is 0.659. The van der Waals surface area contributed by atoms with Crippen molar-refractivity contribution in [3.63, 3.8) is 0 Å². The third-order valence-electron chi connectivity index (χ3n) is 3.67. The lowest BCUT2D eigenvalue weighted by atomic mass is 10.1. The molecule has 1 unspecified atom stereocenters. The van der Waals surface area contributed by atoms with Crippen LogP contribution in [0.5, 0.6) is 0 Å². The number of fused-ring (bicyclic) bond motifs is 1. The third-order valence-corrected chi connectivity index (χ3v) is 3.67. The minimum absolute atomic E-state index is 0.0113. The molecular formula is C17H24N3O2+. The lowest BCUT2D eigenvalue weighted by Crippen LogP contribution is -3.11. The molecule has 22 heavy (non-hydrogen) atoms. The standard InChI is InChI=1S/C17H23N3O2/c1-4-9-18-16(22)11-20(3)10-15(21)17-12(2)19-14-8-6-5-7-13(14)17/h5-8,19H,4,9-11H2,1-3H3,(H,18,22)/p+1. The van der Waals surface area contributed by atoms with Gasteiger partial charge < -0.3 is 15.2 Å². The molecule has 118 valence electrons. The zero-order chi connectivity index (χ0) is 16.1. The van der Waals surface area contributed by atoms with Crippen molar-refractivity contribution < 1.29 is 14.5 Å². The molecule has 0 aliphatic heterocycles. The first-order valence-corrected chi connectivity index (χ1v) is 7.71. The summed E-state index contributed by atoms with van der Waals surface area (Å²) in [4.78, 5) is 28.4. The smallest absolute Gasteiger partial charge is 0.275 e. The van der Waals surface area contributed by atoms with E-state index in [9.17, 15) is 9.59 Å². The Balaban J connectivity index is 2.05.